The van der Waals surface area contributed by atoms with Gasteiger partial charge in [-0.05, 0) is 28.7 Å². The van der Waals surface area contributed by atoms with E-state index in [0.717, 1.165) is 8.96 Å². The highest BCUT2D eigenvalue weighted by molar-refractivity contribution is 14.1. The van der Waals surface area contributed by atoms with Crippen LogP contribution in [-0.4, -0.2) is 19.2 Å². The van der Waals surface area contributed by atoms with E-state index in [1.807, 2.05) is 0 Å². The monoisotopic (exact) mass is 364 g/mol. The summed E-state index contributed by atoms with van der Waals surface area (Å²) in [6, 6.07) is 3.39. The fourth-order valence-corrected chi connectivity index (χ4v) is 2.93. The largest absolute Gasteiger partial charge is 0.493 e. The van der Waals surface area contributed by atoms with Crippen molar-refractivity contribution in [3.8, 4) is 11.5 Å². The summed E-state index contributed by atoms with van der Waals surface area (Å²) in [5, 5.41) is 1.19. The third-order valence-electron chi connectivity index (χ3n) is 2.38. The Balaban J connectivity index is 2.90. The number of rotatable bonds is 2. The Bertz CT molecular complexity index is 589. The topological polar surface area (TPSA) is 57.4 Å². The van der Waals surface area contributed by atoms with Gasteiger partial charge >= 0.3 is 0 Å². The van der Waals surface area contributed by atoms with Crippen LogP contribution in [0.15, 0.2) is 12.1 Å². The van der Waals surface area contributed by atoms with Crippen LogP contribution in [0, 0.1) is 3.57 Å². The van der Waals surface area contributed by atoms with Gasteiger partial charge in [-0.3, -0.25) is 0 Å². The van der Waals surface area contributed by atoms with Gasteiger partial charge in [-0.25, -0.2) is 4.98 Å². The highest BCUT2D eigenvalue weighted by Crippen LogP contribution is 2.40. The first-order valence-corrected chi connectivity index (χ1v) is 6.20. The number of pyridine rings is 1. The molecule has 0 unspecified atom stereocenters. The van der Waals surface area contributed by atoms with Gasteiger partial charge in [0.05, 0.1) is 23.3 Å². The molecule has 1 heterocycles. The number of ether oxygens (including phenoxy) is 2. The fraction of sp³-hybridized carbons (Fsp3) is 0.182. The predicted molar refractivity (Wildman–Crippen MR) is 77.0 cm³/mol. The van der Waals surface area contributed by atoms with Crippen molar-refractivity contribution in [2.75, 3.05) is 20.0 Å². The third-order valence-corrected chi connectivity index (χ3v) is 3.60. The summed E-state index contributed by atoms with van der Waals surface area (Å²) < 4.78 is 11.4. The highest BCUT2D eigenvalue weighted by Gasteiger charge is 2.16. The Morgan fingerprint density at radius 3 is 2.59 bits per heavy atom. The second kappa shape index (κ2) is 4.73. The van der Waals surface area contributed by atoms with Gasteiger partial charge in [0.2, 0.25) is 0 Å². The smallest absolute Gasteiger partial charge is 0.174 e. The molecule has 0 spiro atoms. The molecule has 0 bridgehead atoms. The molecule has 0 saturated carbocycles. The molecule has 0 atom stereocenters. The van der Waals surface area contributed by atoms with Crippen molar-refractivity contribution in [1.82, 2.24) is 4.98 Å². The molecule has 1 aromatic heterocycles. The maximum atomic E-state index is 5.95. The van der Waals surface area contributed by atoms with Gasteiger partial charge < -0.3 is 15.2 Å². The first-order chi connectivity index (χ1) is 8.08. The lowest BCUT2D eigenvalue weighted by Crippen LogP contribution is -1.98. The van der Waals surface area contributed by atoms with Crippen molar-refractivity contribution in [2.45, 2.75) is 0 Å². The van der Waals surface area contributed by atoms with E-state index in [4.69, 9.17) is 26.8 Å². The zero-order valence-corrected chi connectivity index (χ0v) is 12.2. The third kappa shape index (κ3) is 2.09. The van der Waals surface area contributed by atoms with Crippen LogP contribution in [0.2, 0.25) is 5.15 Å². The van der Waals surface area contributed by atoms with Crippen LogP contribution in [0.5, 0.6) is 11.5 Å². The molecule has 2 aromatic rings. The number of nitrogens with two attached hydrogens (primary N) is 1. The van der Waals surface area contributed by atoms with Crippen molar-refractivity contribution >= 4 is 50.8 Å². The molecule has 90 valence electrons. The number of fused-ring (bicyclic) bond motifs is 1. The average molecular weight is 365 g/mol. The SMILES string of the molecule is COc1cc2nc(Cl)cc(N)c2c(I)c1OC. The summed E-state index contributed by atoms with van der Waals surface area (Å²) in [5.74, 6) is 1.26. The highest BCUT2D eigenvalue weighted by atomic mass is 127. The number of methoxy groups -OCH3 is 2. The molecule has 0 amide bonds. The van der Waals surface area contributed by atoms with E-state index < -0.39 is 0 Å². The normalized spacial score (nSPS) is 10.6. The van der Waals surface area contributed by atoms with Crippen molar-refractivity contribution in [3.63, 3.8) is 0 Å². The van der Waals surface area contributed by atoms with Gasteiger partial charge in [-0.15, -0.1) is 0 Å². The molecule has 0 aliphatic rings. The van der Waals surface area contributed by atoms with Gasteiger partial charge in [0.1, 0.15) is 5.15 Å². The number of nitrogen functional groups attached to an aromatic ring is 1. The van der Waals surface area contributed by atoms with Crippen LogP contribution in [0.4, 0.5) is 5.69 Å². The lowest BCUT2D eigenvalue weighted by molar-refractivity contribution is 0.354. The molecule has 0 aliphatic carbocycles. The minimum absolute atomic E-state index is 0.359. The van der Waals surface area contributed by atoms with Gasteiger partial charge in [0.25, 0.3) is 0 Å². The van der Waals surface area contributed by atoms with Crippen LogP contribution < -0.4 is 15.2 Å². The van der Waals surface area contributed by atoms with E-state index in [0.29, 0.717) is 27.9 Å². The molecule has 1 aromatic carbocycles. The molecule has 17 heavy (non-hydrogen) atoms. The second-order valence-electron chi connectivity index (χ2n) is 3.35. The van der Waals surface area contributed by atoms with Crippen LogP contribution in [0.1, 0.15) is 0 Å². The maximum Gasteiger partial charge on any atom is 0.174 e. The van der Waals surface area contributed by atoms with Gasteiger partial charge in [-0.1, -0.05) is 11.6 Å². The minimum Gasteiger partial charge on any atom is -0.493 e. The van der Waals surface area contributed by atoms with Crippen LogP contribution in [0.3, 0.4) is 0 Å². The van der Waals surface area contributed by atoms with Gasteiger partial charge in [-0.2, -0.15) is 0 Å². The molecule has 4 nitrogen and oxygen atoms in total. The summed E-state index contributed by atoms with van der Waals surface area (Å²) in [7, 11) is 3.17. The summed E-state index contributed by atoms with van der Waals surface area (Å²) in [6.07, 6.45) is 0. The Kier molecular flexibility index (Phi) is 3.48. The van der Waals surface area contributed by atoms with Crippen molar-refractivity contribution in [2.24, 2.45) is 0 Å². The van der Waals surface area contributed by atoms with Crippen molar-refractivity contribution in [3.05, 3.63) is 20.9 Å². The summed E-state index contributed by atoms with van der Waals surface area (Å²) in [4.78, 5) is 4.23. The van der Waals surface area contributed by atoms with Crippen molar-refractivity contribution < 1.29 is 9.47 Å². The molecular formula is C11H10ClIN2O2. The second-order valence-corrected chi connectivity index (χ2v) is 4.82. The zero-order valence-electron chi connectivity index (χ0n) is 9.25. The molecule has 0 saturated heterocycles. The molecule has 6 heteroatoms. The molecule has 0 aliphatic heterocycles. The standard InChI is InChI=1S/C11H10ClIN2O2/c1-16-7-4-6-9(10(13)11(7)17-2)5(14)3-8(12)15-6/h3-4H,1-2H3,(H2,14,15). The molecule has 0 fully saturated rings. The maximum absolute atomic E-state index is 5.95. The lowest BCUT2D eigenvalue weighted by atomic mass is 10.1. The Morgan fingerprint density at radius 2 is 2.00 bits per heavy atom. The van der Waals surface area contributed by atoms with Crippen LogP contribution in [-0.2, 0) is 0 Å². The van der Waals surface area contributed by atoms with E-state index >= 15 is 0 Å². The quantitative estimate of drug-likeness (QED) is 0.657. The number of halogens is 2. The molecule has 2 rings (SSSR count). The number of hydrogen-bond acceptors (Lipinski definition) is 4. The average Bonchev–Trinajstić information content (AvgIpc) is 2.27. The summed E-state index contributed by atoms with van der Waals surface area (Å²) in [6.45, 7) is 0. The lowest BCUT2D eigenvalue weighted by Gasteiger charge is -2.13. The van der Waals surface area contributed by atoms with Gasteiger partial charge in [0, 0.05) is 17.1 Å². The van der Waals surface area contributed by atoms with E-state index in [2.05, 4.69) is 27.6 Å². The van der Waals surface area contributed by atoms with E-state index in [-0.39, 0.29) is 0 Å². The van der Waals surface area contributed by atoms with Crippen molar-refractivity contribution in [1.29, 1.82) is 0 Å². The van der Waals surface area contributed by atoms with Crippen LogP contribution >= 0.6 is 34.2 Å². The fourth-order valence-electron chi connectivity index (χ4n) is 1.65. The van der Waals surface area contributed by atoms with E-state index in [9.17, 15) is 0 Å². The first-order valence-electron chi connectivity index (χ1n) is 4.74. The zero-order chi connectivity index (χ0) is 12.6. The minimum atomic E-state index is 0.359. The Morgan fingerprint density at radius 1 is 1.29 bits per heavy atom. The number of hydrogen-bond donors (Lipinski definition) is 1. The molecule has 0 radical (unpaired) electrons. The molecular weight excluding hydrogens is 354 g/mol. The van der Waals surface area contributed by atoms with E-state index in [1.54, 1.807) is 26.4 Å². The number of anilines is 1. The number of benzene rings is 1. The van der Waals surface area contributed by atoms with E-state index in [1.165, 1.54) is 0 Å². The number of nitrogens with zero attached hydrogens (tertiary/aromatic N) is 1. The Hall–Kier alpha value is -0.950. The Labute approximate surface area is 117 Å². The molecule has 2 N–H and O–H groups in total. The predicted octanol–water partition coefficient (Wildman–Crippen LogP) is 3.09. The van der Waals surface area contributed by atoms with Gasteiger partial charge in [0.15, 0.2) is 11.5 Å². The summed E-state index contributed by atoms with van der Waals surface area (Å²) in [5.41, 5.74) is 7.21. The first kappa shape index (κ1) is 12.5. The van der Waals surface area contributed by atoms with Crippen LogP contribution in [0.25, 0.3) is 10.9 Å². The summed E-state index contributed by atoms with van der Waals surface area (Å²) >= 11 is 8.04. The number of aromatic nitrogens is 1.